The maximum Gasteiger partial charge on any atom is 0.255 e. The second kappa shape index (κ2) is 5.85. The maximum absolute atomic E-state index is 13.6. The number of carbonyl (C=O) groups is 1. The molecule has 0 atom stereocenters. The van der Waals surface area contributed by atoms with Gasteiger partial charge in [-0.25, -0.2) is 4.39 Å². The first-order valence-corrected chi connectivity index (χ1v) is 7.54. The summed E-state index contributed by atoms with van der Waals surface area (Å²) in [5.41, 5.74) is 0.0761. The summed E-state index contributed by atoms with van der Waals surface area (Å²) in [6.07, 6.45) is 1.93. The van der Waals surface area contributed by atoms with E-state index in [1.807, 2.05) is 4.57 Å². The molecule has 22 heavy (non-hydrogen) atoms. The third kappa shape index (κ3) is 2.68. The van der Waals surface area contributed by atoms with Crippen molar-refractivity contribution in [2.45, 2.75) is 25.9 Å². The van der Waals surface area contributed by atoms with Crippen molar-refractivity contribution in [3.63, 3.8) is 0 Å². The summed E-state index contributed by atoms with van der Waals surface area (Å²) in [5.74, 6) is 0.586. The minimum atomic E-state index is -0.675. The highest BCUT2D eigenvalue weighted by molar-refractivity contribution is 6.36. The number of hydrogen-bond donors (Lipinski definition) is 0. The predicted octanol–water partition coefficient (Wildman–Crippen LogP) is 2.94. The normalized spacial score (nSPS) is 13.3. The predicted molar refractivity (Wildman–Crippen MR) is 80.6 cm³/mol. The molecule has 1 aromatic carbocycles. The largest absolute Gasteiger partial charge is 0.334 e. The van der Waals surface area contributed by atoms with Gasteiger partial charge in [-0.2, -0.15) is 0 Å². The third-order valence-electron chi connectivity index (χ3n) is 3.65. The van der Waals surface area contributed by atoms with E-state index in [1.54, 1.807) is 7.05 Å². The van der Waals surface area contributed by atoms with Gasteiger partial charge in [0.25, 0.3) is 5.91 Å². The molecule has 1 amide bonds. The monoisotopic (exact) mass is 342 g/mol. The Balaban J connectivity index is 1.81. The van der Waals surface area contributed by atoms with Crippen molar-refractivity contribution >= 4 is 29.1 Å². The lowest BCUT2D eigenvalue weighted by atomic mass is 10.2. The molecule has 0 aliphatic carbocycles. The van der Waals surface area contributed by atoms with E-state index in [2.05, 4.69) is 10.2 Å². The number of halogens is 3. The molecule has 0 bridgehead atoms. The number of benzene rings is 1. The van der Waals surface area contributed by atoms with Gasteiger partial charge in [-0.1, -0.05) is 23.2 Å². The van der Waals surface area contributed by atoms with Crippen LogP contribution in [-0.2, 0) is 19.5 Å². The Bertz CT molecular complexity index is 747. The molecule has 0 unspecified atom stereocenters. The van der Waals surface area contributed by atoms with Gasteiger partial charge in [-0.05, 0) is 18.6 Å². The third-order valence-corrected chi connectivity index (χ3v) is 4.25. The number of aryl methyl sites for hydroxylation is 1. The fourth-order valence-electron chi connectivity index (χ4n) is 2.50. The first-order chi connectivity index (χ1) is 10.5. The summed E-state index contributed by atoms with van der Waals surface area (Å²) in [4.78, 5) is 13.9. The van der Waals surface area contributed by atoms with Gasteiger partial charge in [0.05, 0.1) is 22.2 Å². The number of carbonyl (C=O) groups excluding carboxylic acids is 1. The lowest BCUT2D eigenvalue weighted by Gasteiger charge is -2.18. The van der Waals surface area contributed by atoms with Gasteiger partial charge in [0.15, 0.2) is 5.82 Å². The Hall–Kier alpha value is -1.66. The van der Waals surface area contributed by atoms with Gasteiger partial charge in [0.2, 0.25) is 0 Å². The molecule has 0 radical (unpaired) electrons. The molecule has 0 spiro atoms. The second-order valence-corrected chi connectivity index (χ2v) is 6.01. The van der Waals surface area contributed by atoms with Crippen LogP contribution in [0.5, 0.6) is 0 Å². The fourth-order valence-corrected chi connectivity index (χ4v) is 2.97. The van der Waals surface area contributed by atoms with Crippen LogP contribution >= 0.6 is 23.2 Å². The van der Waals surface area contributed by atoms with E-state index in [-0.39, 0.29) is 22.2 Å². The molecule has 1 aliphatic rings. The molecule has 0 saturated heterocycles. The molecule has 1 aromatic heterocycles. The summed E-state index contributed by atoms with van der Waals surface area (Å²) < 4.78 is 15.6. The molecule has 3 rings (SSSR count). The van der Waals surface area contributed by atoms with E-state index in [1.165, 1.54) is 11.0 Å². The fraction of sp³-hybridized carbons (Fsp3) is 0.357. The highest BCUT2D eigenvalue weighted by Gasteiger charge is 2.22. The number of aromatic nitrogens is 3. The highest BCUT2D eigenvalue weighted by atomic mass is 35.5. The number of rotatable bonds is 3. The Morgan fingerprint density at radius 2 is 2.14 bits per heavy atom. The van der Waals surface area contributed by atoms with Crippen LogP contribution in [0.4, 0.5) is 4.39 Å². The summed E-state index contributed by atoms with van der Waals surface area (Å²) in [6.45, 7) is 1.14. The van der Waals surface area contributed by atoms with Crippen molar-refractivity contribution in [1.82, 2.24) is 19.7 Å². The van der Waals surface area contributed by atoms with Crippen molar-refractivity contribution < 1.29 is 9.18 Å². The summed E-state index contributed by atoms with van der Waals surface area (Å²) in [7, 11) is 1.61. The summed E-state index contributed by atoms with van der Waals surface area (Å²) in [5, 5.41) is 8.20. The molecule has 0 fully saturated rings. The molecule has 5 nitrogen and oxygen atoms in total. The minimum absolute atomic E-state index is 0.0761. The summed E-state index contributed by atoms with van der Waals surface area (Å²) in [6, 6.07) is 2.28. The SMILES string of the molecule is CN(Cc1nnc2n1CCC2)C(=O)c1cc(F)c(Cl)cc1Cl. The van der Waals surface area contributed by atoms with Gasteiger partial charge in [-0.15, -0.1) is 10.2 Å². The van der Waals surface area contributed by atoms with Gasteiger partial charge in [-0.3, -0.25) is 4.79 Å². The van der Waals surface area contributed by atoms with E-state index in [0.717, 1.165) is 31.3 Å². The number of amides is 1. The zero-order chi connectivity index (χ0) is 15.9. The molecule has 116 valence electrons. The van der Waals surface area contributed by atoms with Crippen LogP contribution in [0.2, 0.25) is 10.0 Å². The van der Waals surface area contributed by atoms with Crippen molar-refractivity contribution in [2.75, 3.05) is 7.05 Å². The van der Waals surface area contributed by atoms with Gasteiger partial charge < -0.3 is 9.47 Å². The number of nitrogens with zero attached hydrogens (tertiary/aromatic N) is 4. The Kier molecular flexibility index (Phi) is 4.06. The first kappa shape index (κ1) is 15.2. The second-order valence-electron chi connectivity index (χ2n) is 5.20. The zero-order valence-electron chi connectivity index (χ0n) is 11.8. The van der Waals surface area contributed by atoms with Crippen LogP contribution in [-0.4, -0.2) is 32.6 Å². The lowest BCUT2D eigenvalue weighted by molar-refractivity contribution is 0.0779. The van der Waals surface area contributed by atoms with E-state index in [9.17, 15) is 9.18 Å². The van der Waals surface area contributed by atoms with Crippen LogP contribution in [0.15, 0.2) is 12.1 Å². The molecule has 0 saturated carbocycles. The van der Waals surface area contributed by atoms with Crippen molar-refractivity contribution in [3.8, 4) is 0 Å². The maximum atomic E-state index is 13.6. The minimum Gasteiger partial charge on any atom is -0.334 e. The van der Waals surface area contributed by atoms with Crippen LogP contribution in [0.1, 0.15) is 28.4 Å². The first-order valence-electron chi connectivity index (χ1n) is 6.78. The quantitative estimate of drug-likeness (QED) is 0.806. The average molecular weight is 343 g/mol. The van der Waals surface area contributed by atoms with E-state index < -0.39 is 11.7 Å². The lowest BCUT2D eigenvalue weighted by Crippen LogP contribution is -2.28. The topological polar surface area (TPSA) is 51.0 Å². The molecule has 2 heterocycles. The van der Waals surface area contributed by atoms with E-state index >= 15 is 0 Å². The smallest absolute Gasteiger partial charge is 0.255 e. The van der Waals surface area contributed by atoms with E-state index in [4.69, 9.17) is 23.2 Å². The number of fused-ring (bicyclic) bond motifs is 1. The Labute approximate surface area is 136 Å². The Morgan fingerprint density at radius 1 is 1.36 bits per heavy atom. The average Bonchev–Trinajstić information content (AvgIpc) is 3.07. The van der Waals surface area contributed by atoms with Crippen LogP contribution in [0, 0.1) is 5.82 Å². The Morgan fingerprint density at radius 3 is 2.91 bits per heavy atom. The highest BCUT2D eigenvalue weighted by Crippen LogP contribution is 2.25. The molecule has 2 aromatic rings. The van der Waals surface area contributed by atoms with Crippen LogP contribution in [0.25, 0.3) is 0 Å². The van der Waals surface area contributed by atoms with Crippen LogP contribution in [0.3, 0.4) is 0 Å². The van der Waals surface area contributed by atoms with Crippen molar-refractivity contribution in [2.24, 2.45) is 0 Å². The summed E-state index contributed by atoms with van der Waals surface area (Å²) >= 11 is 11.6. The molecule has 1 aliphatic heterocycles. The van der Waals surface area contributed by atoms with Gasteiger partial charge in [0, 0.05) is 20.0 Å². The molecular weight excluding hydrogens is 330 g/mol. The molecule has 8 heteroatoms. The molecule has 0 N–H and O–H groups in total. The standard InChI is InChI=1S/C14H13Cl2FN4O/c1-20(7-13-19-18-12-3-2-4-21(12)13)14(22)8-5-11(17)10(16)6-9(8)15/h5-6H,2-4,7H2,1H3. The van der Waals surface area contributed by atoms with Gasteiger partial charge in [0.1, 0.15) is 11.6 Å². The van der Waals surface area contributed by atoms with Crippen molar-refractivity contribution in [1.29, 1.82) is 0 Å². The van der Waals surface area contributed by atoms with E-state index in [0.29, 0.717) is 5.82 Å². The van der Waals surface area contributed by atoms with Gasteiger partial charge >= 0.3 is 0 Å². The van der Waals surface area contributed by atoms with Crippen LogP contribution < -0.4 is 0 Å². The number of hydrogen-bond acceptors (Lipinski definition) is 3. The zero-order valence-corrected chi connectivity index (χ0v) is 13.3. The van der Waals surface area contributed by atoms with Crippen molar-refractivity contribution in [3.05, 3.63) is 45.2 Å². The molecular formula is C14H13Cl2FN4O.